The smallest absolute Gasteiger partial charge is 0.349 e. The molecular weight excluding hydrogens is 466 g/mol. The maximum absolute atomic E-state index is 13.3. The van der Waals surface area contributed by atoms with E-state index < -0.39 is 11.6 Å². The van der Waals surface area contributed by atoms with Crippen molar-refractivity contribution >= 4 is 28.6 Å². The van der Waals surface area contributed by atoms with Crippen molar-refractivity contribution in [2.75, 3.05) is 33.3 Å². The van der Waals surface area contributed by atoms with Crippen molar-refractivity contribution in [2.45, 2.75) is 37.9 Å². The van der Waals surface area contributed by atoms with Crippen molar-refractivity contribution in [1.82, 2.24) is 0 Å². The van der Waals surface area contributed by atoms with Gasteiger partial charge in [-0.3, -0.25) is 0 Å². The molecule has 1 N–H and O–H groups in total. The highest BCUT2D eigenvalue weighted by Crippen LogP contribution is 2.38. The van der Waals surface area contributed by atoms with Crippen LogP contribution in [0.3, 0.4) is 0 Å². The van der Waals surface area contributed by atoms with Crippen molar-refractivity contribution in [1.29, 1.82) is 0 Å². The molecule has 34 heavy (non-hydrogen) atoms. The van der Waals surface area contributed by atoms with Crippen LogP contribution in [0.1, 0.15) is 35.9 Å². The van der Waals surface area contributed by atoms with Gasteiger partial charge in [0.1, 0.15) is 11.9 Å². The van der Waals surface area contributed by atoms with Gasteiger partial charge in [0.2, 0.25) is 5.60 Å². The standard InChI is InChI=1S/C27H34NO4S2/c1-21(32-26(29)27(30,24-11-6-19-33-24)25-12-7-20-34-25)22-13-16-28(2,17-14-22)15-8-18-31-23-9-4-3-5-10-23/h3-7,9-12,19-22,30H,8,13-18H2,1-2H3/q+1. The first kappa shape index (κ1) is 24.9. The number of aliphatic hydroxyl groups is 1. The van der Waals surface area contributed by atoms with Crippen LogP contribution < -0.4 is 4.74 Å². The molecule has 1 aromatic carbocycles. The van der Waals surface area contributed by atoms with E-state index in [1.54, 1.807) is 12.1 Å². The molecule has 0 aliphatic carbocycles. The minimum Gasteiger partial charge on any atom is -0.493 e. The van der Waals surface area contributed by atoms with Crippen LogP contribution >= 0.6 is 22.7 Å². The fourth-order valence-electron chi connectivity index (χ4n) is 4.70. The highest BCUT2D eigenvalue weighted by Gasteiger charge is 2.45. The monoisotopic (exact) mass is 500 g/mol. The van der Waals surface area contributed by atoms with E-state index in [0.29, 0.717) is 15.7 Å². The Labute approximate surface area is 210 Å². The largest absolute Gasteiger partial charge is 0.493 e. The maximum atomic E-state index is 13.3. The second-order valence-electron chi connectivity index (χ2n) is 9.42. The lowest BCUT2D eigenvalue weighted by molar-refractivity contribution is -0.915. The number of para-hydroxylation sites is 1. The Morgan fingerprint density at radius 2 is 1.68 bits per heavy atom. The molecule has 2 aromatic heterocycles. The highest BCUT2D eigenvalue weighted by atomic mass is 32.1. The number of benzene rings is 1. The van der Waals surface area contributed by atoms with E-state index in [4.69, 9.17) is 9.47 Å². The van der Waals surface area contributed by atoms with Crippen molar-refractivity contribution in [2.24, 2.45) is 5.92 Å². The summed E-state index contributed by atoms with van der Waals surface area (Å²) in [6.45, 7) is 5.87. The molecule has 4 rings (SSSR count). The number of likely N-dealkylation sites (tertiary alicyclic amines) is 1. The number of thiophene rings is 2. The van der Waals surface area contributed by atoms with Crippen molar-refractivity contribution in [3.63, 3.8) is 0 Å². The Bertz CT molecular complexity index is 978. The SMILES string of the molecule is CC(OC(=O)C(O)(c1cccs1)c1cccs1)C1CC[N+](C)(CCCOc2ccccc2)CC1. The molecule has 3 aromatic rings. The molecule has 1 aliphatic rings. The Morgan fingerprint density at radius 3 is 2.24 bits per heavy atom. The Balaban J connectivity index is 1.28. The molecule has 1 fully saturated rings. The van der Waals surface area contributed by atoms with Crippen LogP contribution in [0, 0.1) is 5.92 Å². The van der Waals surface area contributed by atoms with Gasteiger partial charge in [0, 0.05) is 25.2 Å². The summed E-state index contributed by atoms with van der Waals surface area (Å²) in [5.41, 5.74) is -1.74. The number of hydrogen-bond acceptors (Lipinski definition) is 6. The molecule has 3 heterocycles. The van der Waals surface area contributed by atoms with Gasteiger partial charge in [0.15, 0.2) is 0 Å². The van der Waals surface area contributed by atoms with E-state index in [1.165, 1.54) is 22.7 Å². The number of carbonyl (C=O) groups is 1. The van der Waals surface area contributed by atoms with Gasteiger partial charge in [0.25, 0.3) is 0 Å². The van der Waals surface area contributed by atoms with Crippen LogP contribution in [0.2, 0.25) is 0 Å². The minimum absolute atomic E-state index is 0.242. The highest BCUT2D eigenvalue weighted by molar-refractivity contribution is 7.12. The van der Waals surface area contributed by atoms with Gasteiger partial charge in [-0.05, 0) is 41.9 Å². The number of nitrogens with zero attached hydrogens (tertiary/aromatic N) is 1. The third kappa shape index (κ3) is 5.71. The molecule has 0 amide bonds. The summed E-state index contributed by atoms with van der Waals surface area (Å²) in [4.78, 5) is 14.4. The Hall–Kier alpha value is -2.19. The van der Waals surface area contributed by atoms with Crippen molar-refractivity contribution in [3.05, 3.63) is 75.1 Å². The molecule has 1 unspecified atom stereocenters. The lowest BCUT2D eigenvalue weighted by Gasteiger charge is -2.42. The Morgan fingerprint density at radius 1 is 1.06 bits per heavy atom. The van der Waals surface area contributed by atoms with Gasteiger partial charge < -0.3 is 19.1 Å². The molecule has 5 nitrogen and oxygen atoms in total. The molecular formula is C27H34NO4S2+. The Kier molecular flexibility index (Phi) is 8.09. The zero-order valence-corrected chi connectivity index (χ0v) is 21.5. The molecule has 0 bridgehead atoms. The van der Waals surface area contributed by atoms with Gasteiger partial charge in [0.05, 0.1) is 43.0 Å². The summed E-state index contributed by atoms with van der Waals surface area (Å²) in [5, 5.41) is 15.2. The third-order valence-electron chi connectivity index (χ3n) is 6.94. The molecule has 0 saturated carbocycles. The summed E-state index contributed by atoms with van der Waals surface area (Å²) in [7, 11) is 2.31. The van der Waals surface area contributed by atoms with Gasteiger partial charge in [-0.15, -0.1) is 22.7 Å². The minimum atomic E-state index is -1.74. The number of carbonyl (C=O) groups excluding carboxylic acids is 1. The zero-order chi connectivity index (χ0) is 24.0. The number of hydrogen-bond donors (Lipinski definition) is 1. The lowest BCUT2D eigenvalue weighted by atomic mass is 9.90. The predicted molar refractivity (Wildman–Crippen MR) is 137 cm³/mol. The second kappa shape index (κ2) is 11.0. The predicted octanol–water partition coefficient (Wildman–Crippen LogP) is 5.30. The van der Waals surface area contributed by atoms with E-state index in [0.717, 1.165) is 55.7 Å². The second-order valence-corrected chi connectivity index (χ2v) is 11.3. The number of rotatable bonds is 10. The van der Waals surface area contributed by atoms with Crippen LogP contribution in [0.5, 0.6) is 5.75 Å². The fraction of sp³-hybridized carbons (Fsp3) is 0.444. The topological polar surface area (TPSA) is 55.8 Å². The lowest BCUT2D eigenvalue weighted by Crippen LogP contribution is -2.52. The summed E-state index contributed by atoms with van der Waals surface area (Å²) in [6.07, 6.45) is 2.77. The van der Waals surface area contributed by atoms with Crippen LogP contribution in [0.4, 0.5) is 0 Å². The first-order valence-electron chi connectivity index (χ1n) is 11.9. The molecule has 7 heteroatoms. The van der Waals surface area contributed by atoms with Gasteiger partial charge >= 0.3 is 5.97 Å². The number of quaternary nitrogens is 1. The van der Waals surface area contributed by atoms with E-state index in [9.17, 15) is 9.90 Å². The molecule has 0 radical (unpaired) electrons. The number of esters is 1. The van der Waals surface area contributed by atoms with Gasteiger partial charge in [-0.25, -0.2) is 4.79 Å². The molecule has 1 aliphatic heterocycles. The van der Waals surface area contributed by atoms with Crippen LogP contribution in [-0.2, 0) is 15.1 Å². The normalized spacial score (nSPS) is 21.7. The zero-order valence-electron chi connectivity index (χ0n) is 19.9. The number of piperidine rings is 1. The molecule has 1 atom stereocenters. The quantitative estimate of drug-likeness (QED) is 0.233. The average molecular weight is 501 g/mol. The van der Waals surface area contributed by atoms with Gasteiger partial charge in [-0.2, -0.15) is 0 Å². The molecule has 0 spiro atoms. The van der Waals surface area contributed by atoms with Gasteiger partial charge in [-0.1, -0.05) is 30.3 Å². The first-order valence-corrected chi connectivity index (χ1v) is 13.7. The molecule has 1 saturated heterocycles. The fourth-order valence-corrected chi connectivity index (χ4v) is 6.41. The van der Waals surface area contributed by atoms with E-state index >= 15 is 0 Å². The van der Waals surface area contributed by atoms with E-state index in [-0.39, 0.29) is 6.10 Å². The van der Waals surface area contributed by atoms with Crippen molar-refractivity contribution in [3.8, 4) is 5.75 Å². The maximum Gasteiger partial charge on any atom is 0.349 e. The summed E-state index contributed by atoms with van der Waals surface area (Å²) < 4.78 is 12.8. The number of ether oxygens (including phenoxy) is 2. The van der Waals surface area contributed by atoms with E-state index in [1.807, 2.05) is 60.1 Å². The molecule has 182 valence electrons. The van der Waals surface area contributed by atoms with Crippen LogP contribution in [0.25, 0.3) is 0 Å². The van der Waals surface area contributed by atoms with Crippen molar-refractivity contribution < 1.29 is 23.9 Å². The van der Waals surface area contributed by atoms with Crippen LogP contribution in [0.15, 0.2) is 65.4 Å². The first-order chi connectivity index (χ1) is 16.4. The van der Waals surface area contributed by atoms with E-state index in [2.05, 4.69) is 7.05 Å². The summed E-state index contributed by atoms with van der Waals surface area (Å²) in [5.74, 6) is 0.641. The third-order valence-corrected chi connectivity index (χ3v) is 8.90. The van der Waals surface area contributed by atoms with Crippen LogP contribution in [-0.4, -0.2) is 55.0 Å². The average Bonchev–Trinajstić information content (AvgIpc) is 3.58. The summed E-state index contributed by atoms with van der Waals surface area (Å²) >= 11 is 2.74. The summed E-state index contributed by atoms with van der Waals surface area (Å²) in [6, 6.07) is 17.2.